The van der Waals surface area contributed by atoms with E-state index < -0.39 is 0 Å². The van der Waals surface area contributed by atoms with Crippen LogP contribution in [0.25, 0.3) is 0 Å². The van der Waals surface area contributed by atoms with E-state index in [0.29, 0.717) is 30.7 Å². The normalized spacial score (nSPS) is 16.9. The minimum Gasteiger partial charge on any atom is -0.497 e. The molecule has 0 aromatic heterocycles. The molecule has 0 bridgehead atoms. The van der Waals surface area contributed by atoms with Crippen molar-refractivity contribution in [1.82, 2.24) is 0 Å². The lowest BCUT2D eigenvalue weighted by Crippen LogP contribution is -2.21. The largest absolute Gasteiger partial charge is 0.497 e. The minimum atomic E-state index is -0.360. The van der Waals surface area contributed by atoms with Crippen LogP contribution < -0.4 is 15.2 Å². The number of aryl methyl sites for hydroxylation is 1. The highest BCUT2D eigenvalue weighted by atomic mass is 19.1. The highest BCUT2D eigenvalue weighted by Crippen LogP contribution is 2.31. The Balaban J connectivity index is 1.60. The summed E-state index contributed by atoms with van der Waals surface area (Å²) < 4.78 is 24.9. The van der Waals surface area contributed by atoms with Gasteiger partial charge >= 0.3 is 0 Å². The van der Waals surface area contributed by atoms with E-state index in [1.54, 1.807) is 19.2 Å². The zero-order chi connectivity index (χ0) is 20.6. The molecule has 4 nitrogen and oxygen atoms in total. The molecule has 0 saturated carbocycles. The van der Waals surface area contributed by atoms with Gasteiger partial charge in [0.15, 0.2) is 11.6 Å². The average Bonchev–Trinajstić information content (AvgIpc) is 2.76. The zero-order valence-corrected chi connectivity index (χ0v) is 17.2. The van der Waals surface area contributed by atoms with Gasteiger partial charge < -0.3 is 20.3 Å². The number of aliphatic hydroxyl groups excluding tert-OH is 1. The van der Waals surface area contributed by atoms with E-state index >= 15 is 0 Å². The van der Waals surface area contributed by atoms with Crippen LogP contribution in [0.5, 0.6) is 11.5 Å². The van der Waals surface area contributed by atoms with Crippen molar-refractivity contribution in [2.24, 2.45) is 11.7 Å². The van der Waals surface area contributed by atoms with Crippen LogP contribution in [0.2, 0.25) is 0 Å². The van der Waals surface area contributed by atoms with E-state index in [2.05, 4.69) is 18.2 Å². The number of unbranched alkanes of at least 4 members (excludes halogenated alkanes) is 1. The lowest BCUT2D eigenvalue weighted by Gasteiger charge is -2.26. The predicted octanol–water partition coefficient (Wildman–Crippen LogP) is 4.22. The van der Waals surface area contributed by atoms with Crippen molar-refractivity contribution >= 4 is 0 Å². The Kier molecular flexibility index (Phi) is 7.90. The molecule has 0 aliphatic heterocycles. The molecule has 2 atom stereocenters. The fourth-order valence-corrected chi connectivity index (χ4v) is 4.10. The second-order valence-corrected chi connectivity index (χ2v) is 7.90. The van der Waals surface area contributed by atoms with Gasteiger partial charge in [-0.2, -0.15) is 0 Å². The molecule has 0 unspecified atom stereocenters. The van der Waals surface area contributed by atoms with Crippen LogP contribution in [0.4, 0.5) is 4.39 Å². The Bertz CT molecular complexity index is 796. The Morgan fingerprint density at radius 2 is 2.03 bits per heavy atom. The van der Waals surface area contributed by atoms with Crippen LogP contribution in [-0.4, -0.2) is 32.0 Å². The zero-order valence-electron chi connectivity index (χ0n) is 17.2. The summed E-state index contributed by atoms with van der Waals surface area (Å²) >= 11 is 0. The molecule has 2 aromatic rings. The van der Waals surface area contributed by atoms with Gasteiger partial charge in [0.25, 0.3) is 0 Å². The summed E-state index contributed by atoms with van der Waals surface area (Å²) in [6.45, 7) is 1.37. The molecule has 0 fully saturated rings. The van der Waals surface area contributed by atoms with Crippen molar-refractivity contribution in [2.75, 3.05) is 26.9 Å². The van der Waals surface area contributed by atoms with Gasteiger partial charge in [-0.25, -0.2) is 4.39 Å². The van der Waals surface area contributed by atoms with Crippen LogP contribution in [0.1, 0.15) is 48.3 Å². The Labute approximate surface area is 172 Å². The van der Waals surface area contributed by atoms with Crippen molar-refractivity contribution in [3.63, 3.8) is 0 Å². The number of ether oxygens (including phenoxy) is 2. The van der Waals surface area contributed by atoms with Crippen LogP contribution in [0.15, 0.2) is 36.4 Å². The molecule has 0 amide bonds. The van der Waals surface area contributed by atoms with Crippen molar-refractivity contribution in [2.45, 2.75) is 44.4 Å². The summed E-state index contributed by atoms with van der Waals surface area (Å²) in [6.07, 6.45) is 5.82. The molecule has 3 rings (SSSR count). The van der Waals surface area contributed by atoms with E-state index in [1.807, 2.05) is 0 Å². The van der Waals surface area contributed by atoms with Crippen molar-refractivity contribution < 1.29 is 19.0 Å². The number of halogens is 1. The molecule has 0 heterocycles. The highest BCUT2D eigenvalue weighted by Gasteiger charge is 2.21. The van der Waals surface area contributed by atoms with Crippen molar-refractivity contribution in [1.29, 1.82) is 0 Å². The molecular weight excluding hydrogens is 369 g/mol. The number of hydrogen-bond acceptors (Lipinski definition) is 4. The fourth-order valence-electron chi connectivity index (χ4n) is 4.10. The third kappa shape index (κ3) is 5.71. The van der Waals surface area contributed by atoms with Crippen molar-refractivity contribution in [3.8, 4) is 11.5 Å². The van der Waals surface area contributed by atoms with Gasteiger partial charge in [0.1, 0.15) is 5.75 Å². The van der Waals surface area contributed by atoms with Gasteiger partial charge in [0.2, 0.25) is 0 Å². The van der Waals surface area contributed by atoms with Gasteiger partial charge in [0, 0.05) is 12.7 Å². The molecule has 29 heavy (non-hydrogen) atoms. The molecule has 1 aliphatic carbocycles. The van der Waals surface area contributed by atoms with Gasteiger partial charge in [-0.05, 0) is 79.3 Å². The smallest absolute Gasteiger partial charge is 0.165 e. The molecule has 3 N–H and O–H groups in total. The molecule has 2 aromatic carbocycles. The van der Waals surface area contributed by atoms with Crippen LogP contribution in [-0.2, 0) is 12.8 Å². The lowest BCUT2D eigenvalue weighted by molar-refractivity contribution is 0.225. The second-order valence-electron chi connectivity index (χ2n) is 7.90. The molecule has 0 saturated heterocycles. The van der Waals surface area contributed by atoms with Gasteiger partial charge in [-0.3, -0.25) is 0 Å². The van der Waals surface area contributed by atoms with Crippen LogP contribution in [0.3, 0.4) is 0 Å². The third-order valence-corrected chi connectivity index (χ3v) is 5.89. The highest BCUT2D eigenvalue weighted by molar-refractivity contribution is 5.37. The summed E-state index contributed by atoms with van der Waals surface area (Å²) in [7, 11) is 1.56. The van der Waals surface area contributed by atoms with E-state index in [9.17, 15) is 4.39 Å². The monoisotopic (exact) mass is 401 g/mol. The molecule has 158 valence electrons. The maximum Gasteiger partial charge on any atom is 0.165 e. The first-order valence-electron chi connectivity index (χ1n) is 10.5. The third-order valence-electron chi connectivity index (χ3n) is 5.89. The fraction of sp³-hybridized carbons (Fsp3) is 0.500. The number of methoxy groups -OCH3 is 1. The molecule has 0 spiro atoms. The Hall–Kier alpha value is -2.11. The summed E-state index contributed by atoms with van der Waals surface area (Å²) in [4.78, 5) is 0. The van der Waals surface area contributed by atoms with E-state index in [4.69, 9.17) is 20.3 Å². The van der Waals surface area contributed by atoms with Gasteiger partial charge in [-0.15, -0.1) is 0 Å². The minimum absolute atomic E-state index is 0.241. The maximum atomic E-state index is 14.0. The second kappa shape index (κ2) is 10.6. The summed E-state index contributed by atoms with van der Waals surface area (Å²) in [5.74, 6) is 1.20. The first-order valence-corrected chi connectivity index (χ1v) is 10.5. The Morgan fingerprint density at radius 3 is 2.79 bits per heavy atom. The number of aliphatic hydroxyl groups is 1. The quantitative estimate of drug-likeness (QED) is 0.585. The first-order chi connectivity index (χ1) is 14.1. The van der Waals surface area contributed by atoms with Crippen molar-refractivity contribution in [3.05, 3.63) is 58.9 Å². The molecule has 0 radical (unpaired) electrons. The average molecular weight is 402 g/mol. The van der Waals surface area contributed by atoms with Crippen LogP contribution in [0, 0.1) is 11.7 Å². The number of rotatable bonds is 10. The topological polar surface area (TPSA) is 64.7 Å². The summed E-state index contributed by atoms with van der Waals surface area (Å²) in [5.41, 5.74) is 10.0. The van der Waals surface area contributed by atoms with E-state index in [-0.39, 0.29) is 18.2 Å². The lowest BCUT2D eigenvalue weighted by atomic mass is 9.81. The first kappa shape index (κ1) is 21.6. The van der Waals surface area contributed by atoms with Crippen LogP contribution >= 0.6 is 0 Å². The number of nitrogens with two attached hydrogens (primary N) is 1. The van der Waals surface area contributed by atoms with Gasteiger partial charge in [-0.1, -0.05) is 24.6 Å². The number of benzene rings is 2. The van der Waals surface area contributed by atoms with E-state index in [1.165, 1.54) is 22.8 Å². The number of hydrogen-bond donors (Lipinski definition) is 2. The molecular formula is C24H32FNO3. The summed E-state index contributed by atoms with van der Waals surface area (Å²) in [6, 6.07) is 11.3. The molecule has 1 aliphatic rings. The molecule has 5 heteroatoms. The van der Waals surface area contributed by atoms with Gasteiger partial charge in [0.05, 0.1) is 13.7 Å². The Morgan fingerprint density at radius 1 is 1.17 bits per heavy atom. The van der Waals surface area contributed by atoms with E-state index in [0.717, 1.165) is 38.5 Å². The standard InChI is InChI=1S/C24H32FNO3/c1-28-22-9-10-23(25)24(14-22)29-16-17-5-6-19-13-20(8-7-18(19)12-17)21(15-26)4-2-3-11-27/h7-10,13-14,17,21,27H,2-6,11-12,15-16,26H2,1H3/t17-,21+/m1/s1. The predicted molar refractivity (Wildman–Crippen MR) is 113 cm³/mol. The SMILES string of the molecule is COc1ccc(F)c(OC[C@@H]2CCc3cc([C@H](CN)CCCCO)ccc3C2)c1. The summed E-state index contributed by atoms with van der Waals surface area (Å²) in [5, 5.41) is 8.99. The maximum absolute atomic E-state index is 14.0. The number of fused-ring (bicyclic) bond motifs is 1.